The Morgan fingerprint density at radius 1 is 0.941 bits per heavy atom. The van der Waals surface area contributed by atoms with Gasteiger partial charge >= 0.3 is 6.18 Å². The molecule has 1 heterocycles. The van der Waals surface area contributed by atoms with Crippen molar-refractivity contribution in [3.63, 3.8) is 0 Å². The van der Waals surface area contributed by atoms with Gasteiger partial charge in [-0.25, -0.2) is 8.78 Å². The number of nitrogens with one attached hydrogen (secondary N) is 1. The number of hydrogen-bond acceptors (Lipinski definition) is 5. The van der Waals surface area contributed by atoms with Gasteiger partial charge in [0.2, 0.25) is 11.6 Å². The summed E-state index contributed by atoms with van der Waals surface area (Å²) in [7, 11) is 1.84. The van der Waals surface area contributed by atoms with Gasteiger partial charge in [-0.1, -0.05) is 0 Å². The van der Waals surface area contributed by atoms with Crippen molar-refractivity contribution in [2.24, 2.45) is 0 Å². The number of carbonyl (C=O) groups is 1. The Hall–Kier alpha value is -3.96. The van der Waals surface area contributed by atoms with E-state index in [4.69, 9.17) is 9.47 Å². The van der Waals surface area contributed by atoms with Gasteiger partial charge in [0.05, 0.1) is 14.2 Å². The third-order valence-corrected chi connectivity index (χ3v) is 4.52. The molecule has 0 unspecified atom stereocenters. The second-order valence-electron chi connectivity index (χ2n) is 6.77. The van der Waals surface area contributed by atoms with Gasteiger partial charge in [-0.05, 0) is 31.2 Å². The number of methoxy groups -OCH3 is 2. The molecule has 1 amide bonds. The van der Waals surface area contributed by atoms with E-state index in [1.54, 1.807) is 6.92 Å². The highest BCUT2D eigenvalue weighted by molar-refractivity contribution is 6.07. The summed E-state index contributed by atoms with van der Waals surface area (Å²) in [5.74, 6) is -9.12. The van der Waals surface area contributed by atoms with Crippen LogP contribution in [0.25, 0.3) is 0 Å². The third kappa shape index (κ3) is 4.85. The standard InChI is InChI=1S/C22H16F6N2O4/c1-10-8-11(6-7-29-10)30-21(31)16-14(9-15(32-2)17(19(16)25)22(26,27)28)34-13-5-4-12(23)18(24)20(13)33-3/h4-9H,1-3H3,(H,29,30,31). The van der Waals surface area contributed by atoms with Crippen LogP contribution in [0.5, 0.6) is 23.0 Å². The number of amides is 1. The van der Waals surface area contributed by atoms with Crippen molar-refractivity contribution in [2.45, 2.75) is 13.1 Å². The van der Waals surface area contributed by atoms with Gasteiger partial charge in [0, 0.05) is 23.6 Å². The number of aromatic nitrogens is 1. The summed E-state index contributed by atoms with van der Waals surface area (Å²) in [5.41, 5.74) is -2.44. The predicted molar refractivity (Wildman–Crippen MR) is 108 cm³/mol. The van der Waals surface area contributed by atoms with Gasteiger partial charge in [-0.3, -0.25) is 9.78 Å². The number of alkyl halides is 3. The van der Waals surface area contributed by atoms with Crippen LogP contribution in [0.15, 0.2) is 36.5 Å². The number of rotatable bonds is 6. The SMILES string of the molecule is COc1cc(Oc2ccc(F)c(F)c2OC)c(C(=O)Nc2ccnc(C)c2)c(F)c1C(F)(F)F. The number of benzene rings is 2. The molecule has 0 saturated carbocycles. The maximum atomic E-state index is 15.2. The zero-order valence-corrected chi connectivity index (χ0v) is 17.8. The molecule has 0 saturated heterocycles. The molecule has 0 fully saturated rings. The highest BCUT2D eigenvalue weighted by Crippen LogP contribution is 2.45. The maximum absolute atomic E-state index is 15.2. The van der Waals surface area contributed by atoms with Crippen LogP contribution in [0.2, 0.25) is 0 Å². The van der Waals surface area contributed by atoms with E-state index >= 15 is 4.39 Å². The Balaban J connectivity index is 2.21. The summed E-state index contributed by atoms with van der Waals surface area (Å²) >= 11 is 0. The topological polar surface area (TPSA) is 69.7 Å². The first-order chi connectivity index (χ1) is 16.0. The number of halogens is 6. The number of hydrogen-bond donors (Lipinski definition) is 1. The molecule has 180 valence electrons. The second kappa shape index (κ2) is 9.49. The quantitative estimate of drug-likeness (QED) is 0.440. The zero-order chi connectivity index (χ0) is 25.2. The van der Waals surface area contributed by atoms with E-state index in [-0.39, 0.29) is 5.69 Å². The molecule has 3 aromatic rings. The largest absolute Gasteiger partial charge is 0.496 e. The van der Waals surface area contributed by atoms with Crippen molar-refractivity contribution >= 4 is 11.6 Å². The monoisotopic (exact) mass is 486 g/mol. The van der Waals surface area contributed by atoms with Crippen LogP contribution in [-0.4, -0.2) is 25.1 Å². The summed E-state index contributed by atoms with van der Waals surface area (Å²) in [5, 5.41) is 2.26. The number of anilines is 1. The van der Waals surface area contributed by atoms with Crippen molar-refractivity contribution < 1.29 is 45.3 Å². The second-order valence-corrected chi connectivity index (χ2v) is 6.77. The van der Waals surface area contributed by atoms with Gasteiger partial charge in [0.1, 0.15) is 22.6 Å². The molecule has 0 aliphatic rings. The summed E-state index contributed by atoms with van der Waals surface area (Å²) in [6.07, 6.45) is -3.92. The maximum Gasteiger partial charge on any atom is 0.422 e. The molecule has 0 radical (unpaired) electrons. The lowest BCUT2D eigenvalue weighted by molar-refractivity contribution is -0.141. The molecule has 34 heavy (non-hydrogen) atoms. The van der Waals surface area contributed by atoms with E-state index in [2.05, 4.69) is 15.0 Å². The molecule has 1 aromatic heterocycles. The van der Waals surface area contributed by atoms with Crippen LogP contribution < -0.4 is 19.5 Å². The Kier molecular flexibility index (Phi) is 6.89. The highest BCUT2D eigenvalue weighted by Gasteiger charge is 2.41. The molecule has 0 atom stereocenters. The average molecular weight is 486 g/mol. The fourth-order valence-electron chi connectivity index (χ4n) is 3.04. The number of pyridine rings is 1. The Morgan fingerprint density at radius 2 is 1.65 bits per heavy atom. The van der Waals surface area contributed by atoms with Gasteiger partial charge < -0.3 is 19.5 Å². The number of ether oxygens (including phenoxy) is 3. The molecule has 2 aromatic carbocycles. The molecule has 0 aliphatic heterocycles. The summed E-state index contributed by atoms with van der Waals surface area (Å²) in [6, 6.07) is 4.88. The first kappa shape index (κ1) is 24.7. The fourth-order valence-corrected chi connectivity index (χ4v) is 3.04. The molecule has 0 spiro atoms. The van der Waals surface area contributed by atoms with E-state index in [0.717, 1.165) is 20.3 Å². The molecule has 12 heteroatoms. The van der Waals surface area contributed by atoms with E-state index in [9.17, 15) is 26.7 Å². The van der Waals surface area contributed by atoms with Gasteiger partial charge in [-0.2, -0.15) is 17.6 Å². The first-order valence-electron chi connectivity index (χ1n) is 9.39. The lowest BCUT2D eigenvalue weighted by atomic mass is 10.0. The third-order valence-electron chi connectivity index (χ3n) is 4.52. The van der Waals surface area contributed by atoms with Crippen LogP contribution in [0.1, 0.15) is 21.6 Å². The lowest BCUT2D eigenvalue weighted by Gasteiger charge is -2.19. The first-order valence-corrected chi connectivity index (χ1v) is 9.39. The van der Waals surface area contributed by atoms with Crippen molar-refractivity contribution in [3.8, 4) is 23.0 Å². The number of carbonyl (C=O) groups excluding carboxylic acids is 1. The van der Waals surface area contributed by atoms with Crippen molar-refractivity contribution in [1.29, 1.82) is 0 Å². The van der Waals surface area contributed by atoms with Gasteiger partial charge in [0.15, 0.2) is 17.4 Å². The Morgan fingerprint density at radius 3 is 2.24 bits per heavy atom. The summed E-state index contributed by atoms with van der Waals surface area (Å²) < 4.78 is 98.4. The predicted octanol–water partition coefficient (Wildman–Crippen LogP) is 5.89. The van der Waals surface area contributed by atoms with Crippen molar-refractivity contribution in [1.82, 2.24) is 4.98 Å². The average Bonchev–Trinajstić information content (AvgIpc) is 2.75. The minimum atomic E-state index is -5.24. The summed E-state index contributed by atoms with van der Waals surface area (Å²) in [4.78, 5) is 16.8. The minimum Gasteiger partial charge on any atom is -0.496 e. The van der Waals surface area contributed by atoms with Crippen molar-refractivity contribution in [3.05, 3.63) is 70.8 Å². The molecule has 6 nitrogen and oxygen atoms in total. The van der Waals surface area contributed by atoms with Crippen LogP contribution in [0, 0.1) is 24.4 Å². The Bertz CT molecular complexity index is 1250. The van der Waals surface area contributed by atoms with E-state index in [0.29, 0.717) is 17.8 Å². The Labute approximate surface area is 189 Å². The molecule has 0 bridgehead atoms. The highest BCUT2D eigenvalue weighted by atomic mass is 19.4. The van der Waals surface area contributed by atoms with Crippen LogP contribution in [0.3, 0.4) is 0 Å². The number of nitrogens with zero attached hydrogens (tertiary/aromatic N) is 1. The van der Waals surface area contributed by atoms with Gasteiger partial charge in [0.25, 0.3) is 5.91 Å². The smallest absolute Gasteiger partial charge is 0.422 e. The molecular weight excluding hydrogens is 470 g/mol. The normalized spacial score (nSPS) is 11.2. The summed E-state index contributed by atoms with van der Waals surface area (Å²) in [6.45, 7) is 1.59. The van der Waals surface area contributed by atoms with E-state index in [1.807, 2.05) is 0 Å². The zero-order valence-electron chi connectivity index (χ0n) is 17.8. The van der Waals surface area contributed by atoms with Crippen LogP contribution >= 0.6 is 0 Å². The van der Waals surface area contributed by atoms with Gasteiger partial charge in [-0.15, -0.1) is 0 Å². The van der Waals surface area contributed by atoms with Crippen LogP contribution in [0.4, 0.5) is 32.0 Å². The van der Waals surface area contributed by atoms with E-state index < -0.39 is 63.7 Å². The van der Waals surface area contributed by atoms with E-state index in [1.165, 1.54) is 18.3 Å². The molecule has 0 aliphatic carbocycles. The minimum absolute atomic E-state index is 0.109. The molecular formula is C22H16F6N2O4. The molecule has 1 N–H and O–H groups in total. The lowest BCUT2D eigenvalue weighted by Crippen LogP contribution is -2.20. The molecule has 3 rings (SSSR count). The van der Waals surface area contributed by atoms with Crippen molar-refractivity contribution in [2.75, 3.05) is 19.5 Å². The fraction of sp³-hybridized carbons (Fsp3) is 0.182. The number of aryl methyl sites for hydroxylation is 1. The van der Waals surface area contributed by atoms with Crippen LogP contribution in [-0.2, 0) is 6.18 Å².